The molecule has 0 aliphatic rings. The van der Waals surface area contributed by atoms with Crippen LogP contribution >= 0.6 is 0 Å². The fourth-order valence-electron chi connectivity index (χ4n) is 2.09. The van der Waals surface area contributed by atoms with Gasteiger partial charge in [0.1, 0.15) is 0 Å². The van der Waals surface area contributed by atoms with E-state index in [1.54, 1.807) is 18.3 Å². The molecule has 3 aromatic rings. The van der Waals surface area contributed by atoms with Crippen molar-refractivity contribution >= 4 is 32.7 Å². The molecule has 0 fully saturated rings. The number of benzene rings is 2. The summed E-state index contributed by atoms with van der Waals surface area (Å²) >= 11 is 0. The minimum Gasteiger partial charge on any atom is -0.359 e. The molecule has 0 radical (unpaired) electrons. The summed E-state index contributed by atoms with van der Waals surface area (Å²) in [5.74, 6) is 0. The molecular weight excluding hydrogens is 284 g/mol. The third-order valence-electron chi connectivity index (χ3n) is 3.08. The number of nitrogens with one attached hydrogen (secondary N) is 2. The van der Waals surface area contributed by atoms with Gasteiger partial charge >= 0.3 is 0 Å². The molecule has 0 spiro atoms. The monoisotopic (exact) mass is 298 g/mol. The highest BCUT2D eigenvalue weighted by molar-refractivity contribution is 7.95. The quantitative estimate of drug-likeness (QED) is 0.773. The van der Waals surface area contributed by atoms with Crippen LogP contribution in [0.5, 0.6) is 0 Å². The number of hydrogen-bond acceptors (Lipinski definition) is 2. The highest BCUT2D eigenvalue weighted by Gasteiger charge is 2.09. The molecule has 106 valence electrons. The first-order valence-electron chi connectivity index (χ1n) is 6.46. The standard InChI is InChI=1S/C16H14N2O2S/c19-21(20,12-10-13-5-2-1-3-6-13)18-15-8-4-7-14-9-11-17-16(14)15/h1-12,17-18H/b12-10+. The third kappa shape index (κ3) is 3.14. The number of sulfonamides is 1. The van der Waals surface area contributed by atoms with E-state index in [0.717, 1.165) is 16.5 Å². The summed E-state index contributed by atoms with van der Waals surface area (Å²) in [5.41, 5.74) is 2.14. The lowest BCUT2D eigenvalue weighted by molar-refractivity contribution is 0.609. The van der Waals surface area contributed by atoms with E-state index in [9.17, 15) is 8.42 Å². The Bertz CT molecular complexity index is 881. The minimum absolute atomic E-state index is 0.537. The Labute approximate surface area is 123 Å². The van der Waals surface area contributed by atoms with E-state index in [4.69, 9.17) is 0 Å². The molecule has 1 heterocycles. The van der Waals surface area contributed by atoms with E-state index < -0.39 is 10.0 Å². The zero-order valence-corrected chi connectivity index (χ0v) is 12.0. The molecule has 4 nitrogen and oxygen atoms in total. The normalized spacial score (nSPS) is 12.0. The average molecular weight is 298 g/mol. The summed E-state index contributed by atoms with van der Waals surface area (Å²) in [6.45, 7) is 0. The first-order chi connectivity index (χ1) is 10.1. The van der Waals surface area contributed by atoms with E-state index in [2.05, 4.69) is 9.71 Å². The molecule has 2 aromatic carbocycles. The van der Waals surface area contributed by atoms with Crippen molar-refractivity contribution in [2.24, 2.45) is 0 Å². The maximum atomic E-state index is 12.1. The van der Waals surface area contributed by atoms with E-state index in [-0.39, 0.29) is 0 Å². The van der Waals surface area contributed by atoms with Crippen LogP contribution in [0.2, 0.25) is 0 Å². The van der Waals surface area contributed by atoms with Crippen molar-refractivity contribution in [3.8, 4) is 0 Å². The molecule has 0 atom stereocenters. The lowest BCUT2D eigenvalue weighted by atomic mass is 10.2. The van der Waals surface area contributed by atoms with Gasteiger partial charge in [-0.05, 0) is 23.8 Å². The van der Waals surface area contributed by atoms with Crippen molar-refractivity contribution in [3.05, 3.63) is 71.8 Å². The second-order valence-electron chi connectivity index (χ2n) is 4.61. The van der Waals surface area contributed by atoms with E-state index in [0.29, 0.717) is 5.69 Å². The number of anilines is 1. The second-order valence-corrected chi connectivity index (χ2v) is 6.17. The lowest BCUT2D eigenvalue weighted by Crippen LogP contribution is -2.09. The zero-order valence-electron chi connectivity index (χ0n) is 11.2. The van der Waals surface area contributed by atoms with Gasteiger partial charge in [-0.15, -0.1) is 0 Å². The fraction of sp³-hybridized carbons (Fsp3) is 0. The van der Waals surface area contributed by atoms with Gasteiger partial charge in [0.2, 0.25) is 0 Å². The summed E-state index contributed by atoms with van der Waals surface area (Å²) in [6, 6.07) is 16.7. The molecule has 2 N–H and O–H groups in total. The van der Waals surface area contributed by atoms with Crippen LogP contribution in [-0.4, -0.2) is 13.4 Å². The molecule has 0 bridgehead atoms. The number of aromatic amines is 1. The molecule has 5 heteroatoms. The van der Waals surface area contributed by atoms with Gasteiger partial charge in [-0.2, -0.15) is 0 Å². The van der Waals surface area contributed by atoms with E-state index >= 15 is 0 Å². The maximum Gasteiger partial charge on any atom is 0.255 e. The Hall–Kier alpha value is -2.53. The Morgan fingerprint density at radius 3 is 2.57 bits per heavy atom. The van der Waals surface area contributed by atoms with Crippen molar-refractivity contribution in [2.45, 2.75) is 0 Å². The highest BCUT2D eigenvalue weighted by atomic mass is 32.2. The first-order valence-corrected chi connectivity index (χ1v) is 8.01. The third-order valence-corrected chi connectivity index (χ3v) is 4.08. The summed E-state index contributed by atoms with van der Waals surface area (Å²) < 4.78 is 26.8. The number of rotatable bonds is 4. The maximum absolute atomic E-state index is 12.1. The Morgan fingerprint density at radius 1 is 0.952 bits per heavy atom. The van der Waals surface area contributed by atoms with Crippen molar-refractivity contribution in [2.75, 3.05) is 4.72 Å². The highest BCUT2D eigenvalue weighted by Crippen LogP contribution is 2.22. The minimum atomic E-state index is -3.55. The van der Waals surface area contributed by atoms with Gasteiger partial charge in [-0.25, -0.2) is 8.42 Å². The van der Waals surface area contributed by atoms with Crippen molar-refractivity contribution in [1.82, 2.24) is 4.98 Å². The topological polar surface area (TPSA) is 62.0 Å². The molecular formula is C16H14N2O2S. The summed E-state index contributed by atoms with van der Waals surface area (Å²) in [7, 11) is -3.55. The zero-order chi connectivity index (χ0) is 14.7. The van der Waals surface area contributed by atoms with Crippen LogP contribution in [0.15, 0.2) is 66.2 Å². The number of H-pyrrole nitrogens is 1. The Kier molecular flexibility index (Phi) is 3.50. The van der Waals surface area contributed by atoms with Gasteiger partial charge in [0.05, 0.1) is 16.6 Å². The smallest absolute Gasteiger partial charge is 0.255 e. The largest absolute Gasteiger partial charge is 0.359 e. The molecule has 0 amide bonds. The number of fused-ring (bicyclic) bond motifs is 1. The van der Waals surface area contributed by atoms with Crippen LogP contribution in [0.4, 0.5) is 5.69 Å². The predicted molar refractivity (Wildman–Crippen MR) is 86.3 cm³/mol. The first kappa shape index (κ1) is 13.5. The van der Waals surface area contributed by atoms with E-state index in [1.165, 1.54) is 5.41 Å². The predicted octanol–water partition coefficient (Wildman–Crippen LogP) is 3.58. The van der Waals surface area contributed by atoms with Crippen LogP contribution < -0.4 is 4.72 Å². The molecule has 0 aliphatic carbocycles. The van der Waals surface area contributed by atoms with Crippen molar-refractivity contribution in [3.63, 3.8) is 0 Å². The van der Waals surface area contributed by atoms with Crippen LogP contribution in [0.3, 0.4) is 0 Å². The van der Waals surface area contributed by atoms with E-state index in [1.807, 2.05) is 48.5 Å². The Morgan fingerprint density at radius 2 is 1.76 bits per heavy atom. The van der Waals surface area contributed by atoms with Gasteiger partial charge in [0.15, 0.2) is 0 Å². The van der Waals surface area contributed by atoms with Crippen LogP contribution in [0.1, 0.15) is 5.56 Å². The molecule has 21 heavy (non-hydrogen) atoms. The fourth-order valence-corrected chi connectivity index (χ4v) is 2.97. The van der Waals surface area contributed by atoms with Crippen LogP contribution in [0, 0.1) is 0 Å². The summed E-state index contributed by atoms with van der Waals surface area (Å²) in [5, 5.41) is 2.13. The molecule has 0 saturated carbocycles. The molecule has 3 rings (SSSR count). The summed E-state index contributed by atoms with van der Waals surface area (Å²) in [4.78, 5) is 3.03. The van der Waals surface area contributed by atoms with Crippen LogP contribution in [-0.2, 0) is 10.0 Å². The van der Waals surface area contributed by atoms with Gasteiger partial charge in [-0.1, -0.05) is 42.5 Å². The van der Waals surface area contributed by atoms with Gasteiger partial charge < -0.3 is 4.98 Å². The van der Waals surface area contributed by atoms with Crippen LogP contribution in [0.25, 0.3) is 17.0 Å². The SMILES string of the molecule is O=S(=O)(/C=C/c1ccccc1)Nc1cccc2cc[nH]c12. The van der Waals surface area contributed by atoms with Crippen molar-refractivity contribution < 1.29 is 8.42 Å². The molecule has 0 saturated heterocycles. The molecule has 1 aromatic heterocycles. The number of para-hydroxylation sites is 1. The number of hydrogen-bond donors (Lipinski definition) is 2. The summed E-state index contributed by atoms with van der Waals surface area (Å²) in [6.07, 6.45) is 3.35. The van der Waals surface area contributed by atoms with Gasteiger partial charge in [0, 0.05) is 11.6 Å². The Balaban J connectivity index is 1.86. The number of aromatic nitrogens is 1. The van der Waals surface area contributed by atoms with Gasteiger partial charge in [-0.3, -0.25) is 4.72 Å². The second kappa shape index (κ2) is 5.46. The lowest BCUT2D eigenvalue weighted by Gasteiger charge is -2.05. The molecule has 0 unspecified atom stereocenters. The molecule has 0 aliphatic heterocycles. The van der Waals surface area contributed by atoms with Gasteiger partial charge in [0.25, 0.3) is 10.0 Å². The van der Waals surface area contributed by atoms with Crippen molar-refractivity contribution in [1.29, 1.82) is 0 Å². The average Bonchev–Trinajstić information content (AvgIpc) is 2.96.